The molecule has 0 radical (unpaired) electrons. The number of para-hydroxylation sites is 1. The fourth-order valence-electron chi connectivity index (χ4n) is 2.39. The first-order valence-electron chi connectivity index (χ1n) is 7.44. The van der Waals surface area contributed by atoms with Crippen LogP contribution in [-0.2, 0) is 6.54 Å². The molecule has 3 rings (SSSR count). The van der Waals surface area contributed by atoms with E-state index < -0.39 is 0 Å². The first kappa shape index (κ1) is 15.0. The SMILES string of the molecule is Cc1c(C(=O)N(C)c2ccccc2)nnn1Cc1ccccc1. The number of carbonyl (C=O) groups is 1. The molecule has 0 aliphatic rings. The van der Waals surface area contributed by atoms with Crippen molar-refractivity contribution in [1.82, 2.24) is 15.0 Å². The summed E-state index contributed by atoms with van der Waals surface area (Å²) in [6.07, 6.45) is 0. The van der Waals surface area contributed by atoms with E-state index in [4.69, 9.17) is 0 Å². The summed E-state index contributed by atoms with van der Waals surface area (Å²) in [6, 6.07) is 19.5. The molecule has 3 aromatic rings. The minimum atomic E-state index is -0.159. The summed E-state index contributed by atoms with van der Waals surface area (Å²) < 4.78 is 1.75. The van der Waals surface area contributed by atoms with Crippen molar-refractivity contribution in [3.63, 3.8) is 0 Å². The Labute approximate surface area is 135 Å². The average Bonchev–Trinajstić information content (AvgIpc) is 2.96. The molecular weight excluding hydrogens is 288 g/mol. The summed E-state index contributed by atoms with van der Waals surface area (Å²) in [7, 11) is 1.74. The van der Waals surface area contributed by atoms with Crippen LogP contribution in [0.1, 0.15) is 21.7 Å². The van der Waals surface area contributed by atoms with Crippen LogP contribution in [0.2, 0.25) is 0 Å². The van der Waals surface area contributed by atoms with E-state index in [0.717, 1.165) is 16.9 Å². The van der Waals surface area contributed by atoms with Crippen molar-refractivity contribution in [2.24, 2.45) is 0 Å². The first-order chi connectivity index (χ1) is 11.2. The molecule has 0 aliphatic heterocycles. The van der Waals surface area contributed by atoms with Gasteiger partial charge in [0.05, 0.1) is 12.2 Å². The zero-order chi connectivity index (χ0) is 16.2. The van der Waals surface area contributed by atoms with E-state index in [1.807, 2.05) is 67.6 Å². The highest BCUT2D eigenvalue weighted by atomic mass is 16.2. The molecule has 1 amide bonds. The molecule has 5 heteroatoms. The van der Waals surface area contributed by atoms with Crippen LogP contribution in [0.25, 0.3) is 0 Å². The third kappa shape index (κ3) is 3.13. The normalized spacial score (nSPS) is 10.5. The number of benzene rings is 2. The molecule has 116 valence electrons. The van der Waals surface area contributed by atoms with Crippen molar-refractivity contribution in [1.29, 1.82) is 0 Å². The lowest BCUT2D eigenvalue weighted by Gasteiger charge is -2.16. The molecule has 5 nitrogen and oxygen atoms in total. The molecule has 0 spiro atoms. The summed E-state index contributed by atoms with van der Waals surface area (Å²) in [5.74, 6) is -0.159. The van der Waals surface area contributed by atoms with Crippen LogP contribution in [0.5, 0.6) is 0 Å². The molecule has 2 aromatic carbocycles. The maximum Gasteiger partial charge on any atom is 0.280 e. The Bertz CT molecular complexity index is 796. The van der Waals surface area contributed by atoms with E-state index in [1.165, 1.54) is 0 Å². The maximum absolute atomic E-state index is 12.6. The number of amides is 1. The second kappa shape index (κ2) is 6.44. The third-order valence-electron chi connectivity index (χ3n) is 3.81. The topological polar surface area (TPSA) is 51.0 Å². The molecular formula is C18H18N4O. The second-order valence-corrected chi connectivity index (χ2v) is 5.37. The lowest BCUT2D eigenvalue weighted by Crippen LogP contribution is -2.27. The molecule has 0 saturated carbocycles. The van der Waals surface area contributed by atoms with E-state index in [2.05, 4.69) is 10.3 Å². The van der Waals surface area contributed by atoms with Crippen molar-refractivity contribution >= 4 is 11.6 Å². The van der Waals surface area contributed by atoms with Crippen LogP contribution in [-0.4, -0.2) is 27.9 Å². The Balaban J connectivity index is 1.83. The number of hydrogen-bond donors (Lipinski definition) is 0. The molecule has 0 aliphatic carbocycles. The van der Waals surface area contributed by atoms with E-state index in [9.17, 15) is 4.79 Å². The fourth-order valence-corrected chi connectivity index (χ4v) is 2.39. The molecule has 0 saturated heterocycles. The van der Waals surface area contributed by atoms with E-state index >= 15 is 0 Å². The van der Waals surface area contributed by atoms with Crippen molar-refractivity contribution < 1.29 is 4.79 Å². The average molecular weight is 306 g/mol. The monoisotopic (exact) mass is 306 g/mol. The van der Waals surface area contributed by atoms with Crippen LogP contribution in [0.4, 0.5) is 5.69 Å². The highest BCUT2D eigenvalue weighted by molar-refractivity contribution is 6.04. The van der Waals surface area contributed by atoms with Gasteiger partial charge in [-0.15, -0.1) is 5.10 Å². The molecule has 0 N–H and O–H groups in total. The quantitative estimate of drug-likeness (QED) is 0.744. The maximum atomic E-state index is 12.6. The van der Waals surface area contributed by atoms with Gasteiger partial charge in [0, 0.05) is 12.7 Å². The van der Waals surface area contributed by atoms with Gasteiger partial charge < -0.3 is 4.90 Å². The molecule has 0 atom stereocenters. The van der Waals surface area contributed by atoms with Gasteiger partial charge in [0.25, 0.3) is 5.91 Å². The van der Waals surface area contributed by atoms with Crippen molar-refractivity contribution in [3.8, 4) is 0 Å². The van der Waals surface area contributed by atoms with Crippen molar-refractivity contribution in [2.75, 3.05) is 11.9 Å². The zero-order valence-corrected chi connectivity index (χ0v) is 13.2. The smallest absolute Gasteiger partial charge is 0.280 e. The van der Waals surface area contributed by atoms with Gasteiger partial charge in [-0.2, -0.15) is 0 Å². The van der Waals surface area contributed by atoms with Gasteiger partial charge in [-0.3, -0.25) is 4.79 Å². The predicted octanol–water partition coefficient (Wildman–Crippen LogP) is 2.91. The Morgan fingerprint density at radius 1 is 1.04 bits per heavy atom. The number of rotatable bonds is 4. The Kier molecular flexibility index (Phi) is 4.19. The van der Waals surface area contributed by atoms with Crippen LogP contribution < -0.4 is 4.90 Å². The number of carbonyl (C=O) groups excluding carboxylic acids is 1. The number of hydrogen-bond acceptors (Lipinski definition) is 3. The van der Waals surface area contributed by atoms with Gasteiger partial charge in [-0.25, -0.2) is 4.68 Å². The summed E-state index contributed by atoms with van der Waals surface area (Å²) in [6.45, 7) is 2.47. The Morgan fingerprint density at radius 2 is 1.65 bits per heavy atom. The second-order valence-electron chi connectivity index (χ2n) is 5.37. The first-order valence-corrected chi connectivity index (χ1v) is 7.44. The highest BCUT2D eigenvalue weighted by Crippen LogP contribution is 2.16. The number of aromatic nitrogens is 3. The van der Waals surface area contributed by atoms with Crippen LogP contribution in [0, 0.1) is 6.92 Å². The predicted molar refractivity (Wildman–Crippen MR) is 89.5 cm³/mol. The summed E-state index contributed by atoms with van der Waals surface area (Å²) >= 11 is 0. The molecule has 0 unspecified atom stereocenters. The zero-order valence-electron chi connectivity index (χ0n) is 13.2. The molecule has 23 heavy (non-hydrogen) atoms. The van der Waals surface area contributed by atoms with E-state index in [0.29, 0.717) is 12.2 Å². The minimum absolute atomic E-state index is 0.159. The van der Waals surface area contributed by atoms with Gasteiger partial charge in [0.1, 0.15) is 0 Å². The van der Waals surface area contributed by atoms with Gasteiger partial charge >= 0.3 is 0 Å². The van der Waals surface area contributed by atoms with E-state index in [1.54, 1.807) is 16.6 Å². The van der Waals surface area contributed by atoms with Gasteiger partial charge in [-0.05, 0) is 24.6 Å². The van der Waals surface area contributed by atoms with Crippen LogP contribution >= 0.6 is 0 Å². The fraction of sp³-hybridized carbons (Fsp3) is 0.167. The standard InChI is InChI=1S/C18H18N4O/c1-14-17(18(23)21(2)16-11-7-4-8-12-16)19-20-22(14)13-15-9-5-3-6-10-15/h3-12H,13H2,1-2H3. The largest absolute Gasteiger partial charge is 0.310 e. The minimum Gasteiger partial charge on any atom is -0.310 e. The number of nitrogens with zero attached hydrogens (tertiary/aromatic N) is 4. The van der Waals surface area contributed by atoms with Crippen LogP contribution in [0.15, 0.2) is 60.7 Å². The summed E-state index contributed by atoms with van der Waals surface area (Å²) in [4.78, 5) is 14.2. The molecule has 1 heterocycles. The lowest BCUT2D eigenvalue weighted by atomic mass is 10.2. The summed E-state index contributed by atoms with van der Waals surface area (Å²) in [5, 5.41) is 8.21. The third-order valence-corrected chi connectivity index (χ3v) is 3.81. The van der Waals surface area contributed by atoms with Gasteiger partial charge in [-0.1, -0.05) is 53.7 Å². The summed E-state index contributed by atoms with van der Waals surface area (Å²) in [5.41, 5.74) is 3.10. The Hall–Kier alpha value is -2.95. The van der Waals surface area contributed by atoms with Gasteiger partial charge in [0.15, 0.2) is 5.69 Å². The van der Waals surface area contributed by atoms with Gasteiger partial charge in [0.2, 0.25) is 0 Å². The highest BCUT2D eigenvalue weighted by Gasteiger charge is 2.21. The Morgan fingerprint density at radius 3 is 2.30 bits per heavy atom. The molecule has 0 bridgehead atoms. The van der Waals surface area contributed by atoms with Crippen molar-refractivity contribution in [2.45, 2.75) is 13.5 Å². The lowest BCUT2D eigenvalue weighted by molar-refractivity contribution is 0.0987. The van der Waals surface area contributed by atoms with Crippen LogP contribution in [0.3, 0.4) is 0 Å². The molecule has 0 fully saturated rings. The molecule has 1 aromatic heterocycles. The van der Waals surface area contributed by atoms with E-state index in [-0.39, 0.29) is 5.91 Å². The number of anilines is 1. The van der Waals surface area contributed by atoms with Crippen molar-refractivity contribution in [3.05, 3.63) is 77.6 Å².